The first-order valence-corrected chi connectivity index (χ1v) is 9.89. The highest BCUT2D eigenvalue weighted by atomic mass is 19.1. The van der Waals surface area contributed by atoms with Crippen LogP contribution in [-0.4, -0.2) is 35.3 Å². The minimum atomic E-state index is -0.188. The minimum Gasteiger partial charge on any atom is -0.315 e. The maximum absolute atomic E-state index is 14.8. The molecule has 2 aliphatic heterocycles. The van der Waals surface area contributed by atoms with Gasteiger partial charge in [-0.25, -0.2) is 4.39 Å². The number of benzene rings is 1. The molecule has 5 rings (SSSR count). The molecular weight excluding hydrogens is 343 g/mol. The lowest BCUT2D eigenvalue weighted by molar-refractivity contribution is -0.122. The van der Waals surface area contributed by atoms with Crippen LogP contribution >= 0.6 is 0 Å². The van der Waals surface area contributed by atoms with Gasteiger partial charge in [-0.2, -0.15) is 5.10 Å². The van der Waals surface area contributed by atoms with Crippen LogP contribution in [0.25, 0.3) is 0 Å². The summed E-state index contributed by atoms with van der Waals surface area (Å²) in [6, 6.07) is 5.20. The molecule has 2 aromatic rings. The minimum absolute atomic E-state index is 0.114. The molecule has 0 bridgehead atoms. The zero-order valence-electron chi connectivity index (χ0n) is 15.6. The Balaban J connectivity index is 1.50. The van der Waals surface area contributed by atoms with Crippen molar-refractivity contribution in [2.24, 2.45) is 13.0 Å². The number of aryl methyl sites for hydroxylation is 1. The lowest BCUT2D eigenvalue weighted by Gasteiger charge is -2.27. The largest absolute Gasteiger partial charge is 0.315 e. The van der Waals surface area contributed by atoms with Gasteiger partial charge in [0, 0.05) is 49.8 Å². The van der Waals surface area contributed by atoms with Crippen LogP contribution in [0.4, 0.5) is 10.1 Å². The number of amides is 1. The molecule has 2 fully saturated rings. The molecule has 3 heterocycles. The van der Waals surface area contributed by atoms with Crippen LogP contribution in [0, 0.1) is 11.7 Å². The molecule has 27 heavy (non-hydrogen) atoms. The van der Waals surface area contributed by atoms with Gasteiger partial charge in [0.1, 0.15) is 5.82 Å². The number of nitrogens with one attached hydrogen (secondary N) is 1. The van der Waals surface area contributed by atoms with Gasteiger partial charge in [-0.15, -0.1) is 0 Å². The molecule has 1 aromatic heterocycles. The molecule has 1 amide bonds. The Morgan fingerprint density at radius 3 is 2.85 bits per heavy atom. The molecule has 6 heteroatoms. The van der Waals surface area contributed by atoms with E-state index in [1.54, 1.807) is 16.8 Å². The summed E-state index contributed by atoms with van der Waals surface area (Å²) in [5.41, 5.74) is 2.47. The Labute approximate surface area is 158 Å². The zero-order chi connectivity index (χ0) is 18.6. The van der Waals surface area contributed by atoms with Gasteiger partial charge in [0.25, 0.3) is 0 Å². The summed E-state index contributed by atoms with van der Waals surface area (Å²) in [5, 5.41) is 7.64. The number of anilines is 1. The zero-order valence-corrected chi connectivity index (χ0v) is 15.6. The van der Waals surface area contributed by atoms with E-state index in [-0.39, 0.29) is 29.0 Å². The Bertz CT molecular complexity index is 886. The fourth-order valence-electron chi connectivity index (χ4n) is 5.51. The van der Waals surface area contributed by atoms with Gasteiger partial charge in [-0.1, -0.05) is 18.9 Å². The molecule has 1 saturated carbocycles. The number of hydrogen-bond donors (Lipinski definition) is 1. The fourth-order valence-corrected chi connectivity index (χ4v) is 5.51. The van der Waals surface area contributed by atoms with E-state index in [1.165, 1.54) is 0 Å². The van der Waals surface area contributed by atoms with Crippen molar-refractivity contribution in [1.29, 1.82) is 0 Å². The van der Waals surface area contributed by atoms with Gasteiger partial charge in [-0.05, 0) is 30.5 Å². The Morgan fingerprint density at radius 2 is 2.11 bits per heavy atom. The van der Waals surface area contributed by atoms with E-state index in [0.29, 0.717) is 13.1 Å². The van der Waals surface area contributed by atoms with Gasteiger partial charge in [0.15, 0.2) is 0 Å². The van der Waals surface area contributed by atoms with Crippen molar-refractivity contribution in [2.45, 2.75) is 37.0 Å². The first-order valence-electron chi connectivity index (χ1n) is 9.89. The van der Waals surface area contributed by atoms with Gasteiger partial charge in [0.2, 0.25) is 5.91 Å². The smallest absolute Gasteiger partial charge is 0.232 e. The topological polar surface area (TPSA) is 50.2 Å². The second kappa shape index (κ2) is 6.16. The second-order valence-electron chi connectivity index (χ2n) is 8.36. The van der Waals surface area contributed by atoms with Crippen molar-refractivity contribution >= 4 is 11.6 Å². The quantitative estimate of drug-likeness (QED) is 0.887. The summed E-state index contributed by atoms with van der Waals surface area (Å²) < 4.78 is 16.6. The van der Waals surface area contributed by atoms with Crippen LogP contribution in [0.1, 0.15) is 42.7 Å². The molecule has 1 aromatic carbocycles. The Kier molecular flexibility index (Phi) is 3.86. The number of carbonyl (C=O) groups is 1. The Hall–Kier alpha value is -2.21. The maximum atomic E-state index is 14.8. The number of halogens is 1. The number of aromatic nitrogens is 2. The van der Waals surface area contributed by atoms with E-state index < -0.39 is 0 Å². The van der Waals surface area contributed by atoms with Crippen LogP contribution in [-0.2, 0) is 17.3 Å². The number of hydrogen-bond acceptors (Lipinski definition) is 3. The molecule has 1 aliphatic carbocycles. The second-order valence-corrected chi connectivity index (χ2v) is 8.36. The molecule has 2 atom stereocenters. The van der Waals surface area contributed by atoms with E-state index in [4.69, 9.17) is 0 Å². The average molecular weight is 368 g/mol. The van der Waals surface area contributed by atoms with E-state index in [1.807, 2.05) is 30.4 Å². The molecule has 5 nitrogen and oxygen atoms in total. The summed E-state index contributed by atoms with van der Waals surface area (Å²) in [6.07, 6.45) is 8.01. The molecule has 0 unspecified atom stereocenters. The van der Waals surface area contributed by atoms with Gasteiger partial charge < -0.3 is 10.2 Å². The van der Waals surface area contributed by atoms with Gasteiger partial charge >= 0.3 is 0 Å². The summed E-state index contributed by atoms with van der Waals surface area (Å²) >= 11 is 0. The van der Waals surface area contributed by atoms with Crippen LogP contribution in [0.5, 0.6) is 0 Å². The van der Waals surface area contributed by atoms with Crippen LogP contribution in [0.15, 0.2) is 30.6 Å². The highest BCUT2D eigenvalue weighted by Gasteiger charge is 2.50. The molecule has 1 N–H and O–H groups in total. The van der Waals surface area contributed by atoms with E-state index >= 15 is 0 Å². The molecule has 142 valence electrons. The highest BCUT2D eigenvalue weighted by molar-refractivity contribution is 5.98. The Morgan fingerprint density at radius 1 is 1.30 bits per heavy atom. The van der Waals surface area contributed by atoms with Crippen molar-refractivity contribution in [2.75, 3.05) is 24.5 Å². The number of fused-ring (bicyclic) bond motifs is 2. The predicted octanol–water partition coefficient (Wildman–Crippen LogP) is 2.72. The number of rotatable bonds is 2. The molecule has 0 radical (unpaired) electrons. The first kappa shape index (κ1) is 16.9. The summed E-state index contributed by atoms with van der Waals surface area (Å²) in [4.78, 5) is 15.5. The van der Waals surface area contributed by atoms with E-state index in [2.05, 4.69) is 10.4 Å². The number of nitrogens with zero attached hydrogens (tertiary/aromatic N) is 3. The molecule has 3 aliphatic rings. The molecule has 1 spiro atoms. The summed E-state index contributed by atoms with van der Waals surface area (Å²) in [6.45, 7) is 2.06. The van der Waals surface area contributed by atoms with E-state index in [9.17, 15) is 9.18 Å². The normalized spacial score (nSPS) is 26.1. The van der Waals surface area contributed by atoms with E-state index in [0.717, 1.165) is 49.0 Å². The maximum Gasteiger partial charge on any atom is 0.232 e. The fraction of sp³-hybridized carbons (Fsp3) is 0.524. The third-order valence-electron chi connectivity index (χ3n) is 6.78. The van der Waals surface area contributed by atoms with Crippen molar-refractivity contribution < 1.29 is 9.18 Å². The lowest BCUT2D eigenvalue weighted by atomic mass is 9.80. The SMILES string of the molecule is Cn1cc([C@H]2CNC[C@@H]2C(=O)N2CC3(CCCC3)c3c(F)cccc32)cn1. The van der Waals surface area contributed by atoms with Gasteiger partial charge in [-0.3, -0.25) is 9.48 Å². The summed E-state index contributed by atoms with van der Waals surface area (Å²) in [7, 11) is 1.89. The summed E-state index contributed by atoms with van der Waals surface area (Å²) in [5.74, 6) is -0.0623. The third kappa shape index (κ3) is 2.53. The molecule has 1 saturated heterocycles. The standard InChI is InChI=1S/C21H25FN4O/c1-25-12-14(9-24-25)15-10-23-11-16(15)20(27)26-13-21(7-2-3-8-21)19-17(22)5-4-6-18(19)26/h4-6,9,12,15-16,23H,2-3,7-8,10-11,13H2,1H3/t15-,16+/m1/s1. The predicted molar refractivity (Wildman–Crippen MR) is 101 cm³/mol. The van der Waals surface area contributed by atoms with Gasteiger partial charge in [0.05, 0.1) is 17.8 Å². The van der Waals surface area contributed by atoms with Crippen molar-refractivity contribution in [3.63, 3.8) is 0 Å². The number of carbonyl (C=O) groups excluding carboxylic acids is 1. The average Bonchev–Trinajstić information content (AvgIpc) is 3.43. The monoisotopic (exact) mass is 368 g/mol. The first-order chi connectivity index (χ1) is 13.1. The van der Waals surface area contributed by atoms with Crippen molar-refractivity contribution in [1.82, 2.24) is 15.1 Å². The van der Waals surface area contributed by atoms with Crippen LogP contribution in [0.3, 0.4) is 0 Å². The van der Waals surface area contributed by atoms with Crippen LogP contribution < -0.4 is 10.2 Å². The third-order valence-corrected chi connectivity index (χ3v) is 6.78. The van der Waals surface area contributed by atoms with Crippen LogP contribution in [0.2, 0.25) is 0 Å². The van der Waals surface area contributed by atoms with Crippen molar-refractivity contribution in [3.8, 4) is 0 Å². The lowest BCUT2D eigenvalue weighted by Crippen LogP contribution is -2.41. The highest BCUT2D eigenvalue weighted by Crippen LogP contribution is 2.52. The van der Waals surface area contributed by atoms with Crippen molar-refractivity contribution in [3.05, 3.63) is 47.5 Å². The molecular formula is C21H25FN4O.